The van der Waals surface area contributed by atoms with Crippen LogP contribution in [0.25, 0.3) is 0 Å². The molecule has 0 aliphatic heterocycles. The van der Waals surface area contributed by atoms with Gasteiger partial charge in [-0.05, 0) is 26.7 Å². The smallest absolute Gasteiger partial charge is 0.263 e. The third kappa shape index (κ3) is 4.25. The molecular formula is C14H23N3O3S. The summed E-state index contributed by atoms with van der Waals surface area (Å²) < 4.78 is 10.8. The molecule has 0 bridgehead atoms. The van der Waals surface area contributed by atoms with Gasteiger partial charge in [0.2, 0.25) is 0 Å². The summed E-state index contributed by atoms with van der Waals surface area (Å²) in [4.78, 5) is 12.6. The zero-order valence-electron chi connectivity index (χ0n) is 12.7. The second-order valence-electron chi connectivity index (χ2n) is 5.30. The lowest BCUT2D eigenvalue weighted by Crippen LogP contribution is -2.25. The highest BCUT2D eigenvalue weighted by atomic mass is 32.1. The van der Waals surface area contributed by atoms with Gasteiger partial charge in [-0.25, -0.2) is 0 Å². The van der Waals surface area contributed by atoms with Crippen LogP contribution in [0.5, 0.6) is 5.75 Å². The minimum atomic E-state index is -0.121. The molecule has 1 aliphatic carbocycles. The maximum absolute atomic E-state index is 12.1. The molecule has 7 heteroatoms. The number of carbonyl (C=O) groups is 1. The number of hydrogen-bond acceptors (Lipinski definition) is 6. The molecule has 1 heterocycles. The third-order valence-electron chi connectivity index (χ3n) is 3.06. The number of nitrogen functional groups attached to an aromatic ring is 1. The van der Waals surface area contributed by atoms with Crippen molar-refractivity contribution in [3.8, 4) is 5.75 Å². The molecule has 1 saturated carbocycles. The standard InChI is InChI=1S/C14H23N3O3S/c1-8(2)20-7-6-16-14-11(19-3)10(15)12(21-14)13(18)17-9-4-5-9/h8-9,16H,4-7,15H2,1-3H3,(H,17,18). The Labute approximate surface area is 129 Å². The lowest BCUT2D eigenvalue weighted by Gasteiger charge is -2.09. The minimum Gasteiger partial charge on any atom is -0.492 e. The number of nitrogens with two attached hydrogens (primary N) is 1. The first-order chi connectivity index (χ1) is 10.0. The number of rotatable bonds is 8. The molecule has 2 rings (SSSR count). The molecule has 1 aliphatic rings. The molecule has 0 atom stereocenters. The number of nitrogens with one attached hydrogen (secondary N) is 2. The van der Waals surface area contributed by atoms with E-state index in [1.54, 1.807) is 7.11 Å². The monoisotopic (exact) mass is 313 g/mol. The van der Waals surface area contributed by atoms with Gasteiger partial charge in [0, 0.05) is 12.6 Å². The Morgan fingerprint density at radius 1 is 1.48 bits per heavy atom. The first kappa shape index (κ1) is 15.9. The van der Waals surface area contributed by atoms with Crippen LogP contribution in [-0.2, 0) is 4.74 Å². The van der Waals surface area contributed by atoms with E-state index in [9.17, 15) is 4.79 Å². The summed E-state index contributed by atoms with van der Waals surface area (Å²) in [5.74, 6) is 0.412. The summed E-state index contributed by atoms with van der Waals surface area (Å²) in [5, 5.41) is 6.92. The Morgan fingerprint density at radius 2 is 2.19 bits per heavy atom. The number of ether oxygens (including phenoxy) is 2. The summed E-state index contributed by atoms with van der Waals surface area (Å²) in [6.45, 7) is 5.20. The fourth-order valence-electron chi connectivity index (χ4n) is 1.85. The average Bonchev–Trinajstić information content (AvgIpc) is 3.17. The summed E-state index contributed by atoms with van der Waals surface area (Å²) >= 11 is 1.32. The van der Waals surface area contributed by atoms with Gasteiger partial charge in [0.15, 0.2) is 5.75 Å². The number of hydrogen-bond donors (Lipinski definition) is 3. The number of carbonyl (C=O) groups excluding carboxylic acids is 1. The van der Waals surface area contributed by atoms with Gasteiger partial charge in [0.05, 0.1) is 19.8 Å². The highest BCUT2D eigenvalue weighted by molar-refractivity contribution is 7.19. The van der Waals surface area contributed by atoms with Crippen LogP contribution in [0.4, 0.5) is 10.7 Å². The van der Waals surface area contributed by atoms with Crippen molar-refractivity contribution in [1.82, 2.24) is 5.32 Å². The van der Waals surface area contributed by atoms with E-state index in [1.807, 2.05) is 13.8 Å². The first-order valence-electron chi connectivity index (χ1n) is 7.15. The van der Waals surface area contributed by atoms with Gasteiger partial charge in [0.25, 0.3) is 5.91 Å². The predicted molar refractivity (Wildman–Crippen MR) is 85.3 cm³/mol. The summed E-state index contributed by atoms with van der Waals surface area (Å²) in [7, 11) is 1.55. The van der Waals surface area contributed by atoms with Crippen molar-refractivity contribution in [3.63, 3.8) is 0 Å². The fourth-order valence-corrected chi connectivity index (χ4v) is 2.87. The molecule has 0 spiro atoms. The quantitative estimate of drug-likeness (QED) is 0.640. The van der Waals surface area contributed by atoms with Crippen molar-refractivity contribution in [2.75, 3.05) is 31.3 Å². The summed E-state index contributed by atoms with van der Waals surface area (Å²) in [6, 6.07) is 0.306. The van der Waals surface area contributed by atoms with Crippen molar-refractivity contribution in [2.24, 2.45) is 0 Å². The molecule has 118 valence electrons. The lowest BCUT2D eigenvalue weighted by atomic mass is 10.3. The van der Waals surface area contributed by atoms with Crippen LogP contribution in [0.2, 0.25) is 0 Å². The van der Waals surface area contributed by atoms with E-state index in [0.717, 1.165) is 17.8 Å². The number of anilines is 2. The molecule has 1 aromatic heterocycles. The maximum atomic E-state index is 12.1. The van der Waals surface area contributed by atoms with Crippen LogP contribution in [-0.4, -0.2) is 38.3 Å². The summed E-state index contributed by atoms with van der Waals surface area (Å²) in [6.07, 6.45) is 2.29. The van der Waals surface area contributed by atoms with Crippen LogP contribution in [0.1, 0.15) is 36.4 Å². The number of methoxy groups -OCH3 is 1. The molecule has 6 nitrogen and oxygen atoms in total. The molecular weight excluding hydrogens is 290 g/mol. The number of amides is 1. The largest absolute Gasteiger partial charge is 0.492 e. The van der Waals surface area contributed by atoms with E-state index in [0.29, 0.717) is 35.5 Å². The fraction of sp³-hybridized carbons (Fsp3) is 0.643. The molecule has 0 saturated heterocycles. The van der Waals surface area contributed by atoms with E-state index in [1.165, 1.54) is 11.3 Å². The zero-order chi connectivity index (χ0) is 15.4. The van der Waals surface area contributed by atoms with Crippen molar-refractivity contribution in [2.45, 2.75) is 38.8 Å². The van der Waals surface area contributed by atoms with Crippen LogP contribution in [0, 0.1) is 0 Å². The van der Waals surface area contributed by atoms with E-state index in [4.69, 9.17) is 15.2 Å². The van der Waals surface area contributed by atoms with Crippen molar-refractivity contribution >= 4 is 27.9 Å². The summed E-state index contributed by atoms with van der Waals surface area (Å²) in [5.41, 5.74) is 6.41. The van der Waals surface area contributed by atoms with Gasteiger partial charge in [-0.3, -0.25) is 4.79 Å². The third-order valence-corrected chi connectivity index (χ3v) is 4.20. The van der Waals surface area contributed by atoms with E-state index in [2.05, 4.69) is 10.6 Å². The highest BCUT2D eigenvalue weighted by Gasteiger charge is 2.27. The normalized spacial score (nSPS) is 14.3. The number of thiophene rings is 1. The van der Waals surface area contributed by atoms with Crippen molar-refractivity contribution < 1.29 is 14.3 Å². The average molecular weight is 313 g/mol. The molecule has 0 radical (unpaired) electrons. The lowest BCUT2D eigenvalue weighted by molar-refractivity contribution is 0.0870. The topological polar surface area (TPSA) is 85.6 Å². The maximum Gasteiger partial charge on any atom is 0.263 e. The van der Waals surface area contributed by atoms with Crippen LogP contribution >= 0.6 is 11.3 Å². The molecule has 0 aromatic carbocycles. The Hall–Kier alpha value is -1.47. The van der Waals surface area contributed by atoms with E-state index in [-0.39, 0.29) is 12.0 Å². The van der Waals surface area contributed by atoms with Gasteiger partial charge < -0.3 is 25.8 Å². The molecule has 21 heavy (non-hydrogen) atoms. The van der Waals surface area contributed by atoms with E-state index >= 15 is 0 Å². The Bertz CT molecular complexity index is 498. The minimum absolute atomic E-state index is 0.121. The zero-order valence-corrected chi connectivity index (χ0v) is 13.5. The Kier molecular flexibility index (Phi) is 5.30. The second kappa shape index (κ2) is 7.00. The van der Waals surface area contributed by atoms with Crippen molar-refractivity contribution in [1.29, 1.82) is 0 Å². The Morgan fingerprint density at radius 3 is 2.76 bits per heavy atom. The predicted octanol–water partition coefficient (Wildman–Crippen LogP) is 2.07. The van der Waals surface area contributed by atoms with Crippen molar-refractivity contribution in [3.05, 3.63) is 4.88 Å². The molecule has 1 aromatic rings. The molecule has 1 fully saturated rings. The van der Waals surface area contributed by atoms with Gasteiger partial charge in [-0.1, -0.05) is 0 Å². The first-order valence-corrected chi connectivity index (χ1v) is 7.97. The van der Waals surface area contributed by atoms with Crippen LogP contribution in [0.15, 0.2) is 0 Å². The van der Waals surface area contributed by atoms with Gasteiger partial charge in [-0.2, -0.15) is 0 Å². The molecule has 0 unspecified atom stereocenters. The van der Waals surface area contributed by atoms with Crippen LogP contribution in [0.3, 0.4) is 0 Å². The van der Waals surface area contributed by atoms with Gasteiger partial charge in [0.1, 0.15) is 15.6 Å². The highest BCUT2D eigenvalue weighted by Crippen LogP contribution is 2.42. The second-order valence-corrected chi connectivity index (χ2v) is 6.32. The van der Waals surface area contributed by atoms with Gasteiger partial charge >= 0.3 is 0 Å². The molecule has 4 N–H and O–H groups in total. The molecule has 1 amide bonds. The SMILES string of the molecule is COc1c(NCCOC(C)C)sc(C(=O)NC2CC2)c1N. The van der Waals surface area contributed by atoms with Gasteiger partial charge in [-0.15, -0.1) is 11.3 Å². The van der Waals surface area contributed by atoms with Crippen LogP contribution < -0.4 is 21.1 Å². The van der Waals surface area contributed by atoms with E-state index < -0.39 is 0 Å². The Balaban J connectivity index is 2.00.